The van der Waals surface area contributed by atoms with Crippen LogP contribution in [0.1, 0.15) is 35.3 Å². The molecule has 0 bridgehead atoms. The van der Waals surface area contributed by atoms with Gasteiger partial charge in [0.1, 0.15) is 22.8 Å². The highest BCUT2D eigenvalue weighted by molar-refractivity contribution is 5.86. The molecule has 1 aromatic heterocycles. The number of hydrogen-bond donors (Lipinski definition) is 1. The predicted octanol–water partition coefficient (Wildman–Crippen LogP) is 2.59. The number of ether oxygens (including phenoxy) is 3. The van der Waals surface area contributed by atoms with E-state index >= 15 is 0 Å². The van der Waals surface area contributed by atoms with Crippen LogP contribution in [-0.4, -0.2) is 43.9 Å². The van der Waals surface area contributed by atoms with Crippen LogP contribution in [0, 0.1) is 0 Å². The van der Waals surface area contributed by atoms with E-state index in [1.807, 2.05) is 6.07 Å². The second-order valence-corrected chi connectivity index (χ2v) is 6.70. The van der Waals surface area contributed by atoms with Gasteiger partial charge in [-0.05, 0) is 36.8 Å². The summed E-state index contributed by atoms with van der Waals surface area (Å²) in [5.74, 6) is 1.74. The number of hydrogen-bond acceptors (Lipinski definition) is 6. The summed E-state index contributed by atoms with van der Waals surface area (Å²) in [4.78, 5) is 15.2. The van der Waals surface area contributed by atoms with Gasteiger partial charge in [0.2, 0.25) is 0 Å². The number of pyridine rings is 1. The number of nitrogens with one attached hydrogen (secondary N) is 1. The molecule has 1 saturated heterocycles. The fraction of sp³-hybridized carbons (Fsp3) is 0.400. The number of rotatable bonds is 5. The maximum absolute atomic E-state index is 10.9. The van der Waals surface area contributed by atoms with Crippen LogP contribution in [0.4, 0.5) is 0 Å². The van der Waals surface area contributed by atoms with Gasteiger partial charge in [0.25, 0.3) is 0 Å². The number of methoxy groups -OCH3 is 1. The van der Waals surface area contributed by atoms with Crippen molar-refractivity contribution in [2.75, 3.05) is 27.0 Å². The Morgan fingerprint density at radius 3 is 3.04 bits per heavy atom. The largest absolute Gasteiger partial charge is 0.485 e. The second kappa shape index (κ2) is 7.05. The molecule has 6 nitrogen and oxygen atoms in total. The first kappa shape index (κ1) is 17.0. The molecule has 3 aliphatic rings. The van der Waals surface area contributed by atoms with E-state index in [-0.39, 0.29) is 12.4 Å². The summed E-state index contributed by atoms with van der Waals surface area (Å²) < 4.78 is 17.3. The minimum absolute atomic E-state index is 0.185. The van der Waals surface area contributed by atoms with E-state index in [2.05, 4.69) is 22.5 Å². The number of carbonyl (C=O) groups excluding carboxylic acids is 1. The molecule has 1 aromatic rings. The van der Waals surface area contributed by atoms with Crippen LogP contribution in [0.2, 0.25) is 0 Å². The third kappa shape index (κ3) is 3.06. The highest BCUT2D eigenvalue weighted by Crippen LogP contribution is 2.45. The van der Waals surface area contributed by atoms with Crippen LogP contribution in [-0.2, 0) is 14.2 Å². The van der Waals surface area contributed by atoms with Gasteiger partial charge in [-0.3, -0.25) is 9.78 Å². The summed E-state index contributed by atoms with van der Waals surface area (Å²) in [6.07, 6.45) is 9.38. The van der Waals surface area contributed by atoms with Crippen LogP contribution in [0.5, 0.6) is 0 Å². The zero-order valence-corrected chi connectivity index (χ0v) is 14.8. The molecule has 3 heterocycles. The molecule has 0 amide bonds. The van der Waals surface area contributed by atoms with Crippen LogP contribution in [0.15, 0.2) is 47.6 Å². The molecule has 1 fully saturated rings. The van der Waals surface area contributed by atoms with E-state index in [4.69, 9.17) is 14.2 Å². The molecule has 136 valence electrons. The summed E-state index contributed by atoms with van der Waals surface area (Å²) >= 11 is 0. The molecule has 1 aliphatic carbocycles. The molecule has 0 radical (unpaired) electrons. The van der Waals surface area contributed by atoms with E-state index in [0.717, 1.165) is 66.9 Å². The third-order valence-electron chi connectivity index (χ3n) is 4.93. The van der Waals surface area contributed by atoms with Gasteiger partial charge in [-0.2, -0.15) is 0 Å². The molecule has 1 N–H and O–H groups in total. The molecule has 26 heavy (non-hydrogen) atoms. The summed E-state index contributed by atoms with van der Waals surface area (Å²) in [5.41, 5.74) is 3.05. The Hall–Kier alpha value is -2.44. The van der Waals surface area contributed by atoms with Crippen molar-refractivity contribution in [3.8, 4) is 0 Å². The highest BCUT2D eigenvalue weighted by atomic mass is 16.7. The lowest BCUT2D eigenvalue weighted by Gasteiger charge is -2.37. The van der Waals surface area contributed by atoms with Gasteiger partial charge in [0, 0.05) is 38.3 Å². The summed E-state index contributed by atoms with van der Waals surface area (Å²) in [6.45, 7) is 1.90. The third-order valence-corrected chi connectivity index (χ3v) is 4.93. The first-order chi connectivity index (χ1) is 12.7. The monoisotopic (exact) mass is 354 g/mol. The van der Waals surface area contributed by atoms with Crippen LogP contribution in [0.3, 0.4) is 0 Å². The maximum Gasteiger partial charge on any atom is 0.188 e. The number of aldehydes is 1. The Morgan fingerprint density at radius 1 is 1.42 bits per heavy atom. The van der Waals surface area contributed by atoms with Crippen LogP contribution < -0.4 is 5.32 Å². The molecule has 0 aromatic carbocycles. The molecule has 1 atom stereocenters. The van der Waals surface area contributed by atoms with Crippen molar-refractivity contribution >= 4 is 11.9 Å². The van der Waals surface area contributed by atoms with Crippen LogP contribution >= 0.6 is 0 Å². The van der Waals surface area contributed by atoms with Gasteiger partial charge in [-0.1, -0.05) is 6.07 Å². The Morgan fingerprint density at radius 2 is 2.35 bits per heavy atom. The summed E-state index contributed by atoms with van der Waals surface area (Å²) in [6, 6.07) is 3.66. The molecule has 1 spiro atoms. The zero-order chi connectivity index (χ0) is 18.0. The van der Waals surface area contributed by atoms with Gasteiger partial charge in [0.05, 0.1) is 5.57 Å². The molecule has 2 aliphatic heterocycles. The quantitative estimate of drug-likeness (QED) is 0.647. The van der Waals surface area contributed by atoms with Crippen molar-refractivity contribution in [1.82, 2.24) is 10.3 Å². The number of allylic oxidation sites excluding steroid dienone is 3. The average molecular weight is 354 g/mol. The van der Waals surface area contributed by atoms with Gasteiger partial charge < -0.3 is 19.5 Å². The lowest BCUT2D eigenvalue weighted by Crippen LogP contribution is -2.36. The van der Waals surface area contributed by atoms with Crippen molar-refractivity contribution in [3.05, 3.63) is 58.8 Å². The van der Waals surface area contributed by atoms with Gasteiger partial charge in [-0.25, -0.2) is 0 Å². The Bertz CT molecular complexity index is 787. The number of nitrogens with zero attached hydrogens (tertiary/aromatic N) is 1. The smallest absolute Gasteiger partial charge is 0.188 e. The van der Waals surface area contributed by atoms with E-state index in [1.54, 1.807) is 19.4 Å². The second-order valence-electron chi connectivity index (χ2n) is 6.70. The van der Waals surface area contributed by atoms with Crippen molar-refractivity contribution in [2.24, 2.45) is 0 Å². The maximum atomic E-state index is 10.9. The van der Waals surface area contributed by atoms with Crippen molar-refractivity contribution < 1.29 is 19.0 Å². The lowest BCUT2D eigenvalue weighted by molar-refractivity contribution is 0.00419. The predicted molar refractivity (Wildman–Crippen MR) is 96.2 cm³/mol. The molecule has 4 rings (SSSR count). The SMILES string of the molecule is COCOC1=CCCC2=C1C(c1ccc(C=O)nc1)=CC1(CCNC1)O2. The zero-order valence-electron chi connectivity index (χ0n) is 14.8. The van der Waals surface area contributed by atoms with Gasteiger partial charge >= 0.3 is 0 Å². The van der Waals surface area contributed by atoms with Crippen molar-refractivity contribution in [1.29, 1.82) is 0 Å². The Balaban J connectivity index is 1.78. The fourth-order valence-electron chi connectivity index (χ4n) is 3.71. The minimum Gasteiger partial charge on any atom is -0.485 e. The average Bonchev–Trinajstić information content (AvgIpc) is 3.13. The highest BCUT2D eigenvalue weighted by Gasteiger charge is 2.41. The van der Waals surface area contributed by atoms with E-state index in [9.17, 15) is 4.79 Å². The molecular weight excluding hydrogens is 332 g/mol. The normalized spacial score (nSPS) is 24.7. The number of aromatic nitrogens is 1. The van der Waals surface area contributed by atoms with E-state index in [0.29, 0.717) is 5.69 Å². The Kier molecular flexibility index (Phi) is 4.61. The summed E-state index contributed by atoms with van der Waals surface area (Å²) in [7, 11) is 1.61. The molecular formula is C20H22N2O4. The molecule has 1 unspecified atom stereocenters. The van der Waals surface area contributed by atoms with Crippen LogP contribution in [0.25, 0.3) is 5.57 Å². The molecule has 6 heteroatoms. The lowest BCUT2D eigenvalue weighted by atomic mass is 9.84. The van der Waals surface area contributed by atoms with Crippen molar-refractivity contribution in [3.63, 3.8) is 0 Å². The van der Waals surface area contributed by atoms with Crippen molar-refractivity contribution in [2.45, 2.75) is 24.9 Å². The van der Waals surface area contributed by atoms with Gasteiger partial charge in [0.15, 0.2) is 13.1 Å². The minimum atomic E-state index is -0.332. The molecule has 0 saturated carbocycles. The van der Waals surface area contributed by atoms with E-state index < -0.39 is 0 Å². The topological polar surface area (TPSA) is 69.7 Å². The first-order valence-electron chi connectivity index (χ1n) is 8.85. The first-order valence-corrected chi connectivity index (χ1v) is 8.85. The van der Waals surface area contributed by atoms with Gasteiger partial charge in [-0.15, -0.1) is 0 Å². The number of carbonyl (C=O) groups is 1. The standard InChI is InChI=1S/C20H22N2O4/c1-24-13-25-17-3-2-4-18-19(17)16(9-20(26-18)7-8-21-12-20)14-5-6-15(11-23)22-10-14/h3,5-6,9-11,21H,2,4,7-8,12-13H2,1H3. The fourth-order valence-corrected chi connectivity index (χ4v) is 3.71. The Labute approximate surface area is 152 Å². The summed E-state index contributed by atoms with van der Waals surface area (Å²) in [5, 5.41) is 3.39. The van der Waals surface area contributed by atoms with E-state index in [1.165, 1.54) is 0 Å².